The average molecular weight is 191 g/mol. The third-order valence-electron chi connectivity index (χ3n) is 2.05. The predicted octanol–water partition coefficient (Wildman–Crippen LogP) is 2.85. The summed E-state index contributed by atoms with van der Waals surface area (Å²) in [5.74, 6) is 0. The molecule has 1 unspecified atom stereocenters. The standard InChI is InChI=1S/C12H17NO/c1-10(9-14-3)13-11(2)12-7-5-4-6-8-12/h4-8,11H,9H2,1-3H3. The molecule has 2 nitrogen and oxygen atoms in total. The zero-order valence-corrected chi connectivity index (χ0v) is 9.03. The lowest BCUT2D eigenvalue weighted by atomic mass is 10.1. The van der Waals surface area contributed by atoms with Gasteiger partial charge in [0.05, 0.1) is 12.6 Å². The molecule has 0 heterocycles. The summed E-state index contributed by atoms with van der Waals surface area (Å²) in [4.78, 5) is 4.53. The van der Waals surface area contributed by atoms with Crippen LogP contribution in [0.4, 0.5) is 0 Å². The number of benzene rings is 1. The summed E-state index contributed by atoms with van der Waals surface area (Å²) in [6, 6.07) is 10.5. The van der Waals surface area contributed by atoms with Crippen LogP contribution in [-0.4, -0.2) is 19.4 Å². The first kappa shape index (κ1) is 10.9. The Labute approximate surface area is 85.6 Å². The van der Waals surface area contributed by atoms with E-state index in [9.17, 15) is 0 Å². The summed E-state index contributed by atoms with van der Waals surface area (Å²) in [6.45, 7) is 4.69. The van der Waals surface area contributed by atoms with Crippen LogP contribution in [0, 0.1) is 0 Å². The van der Waals surface area contributed by atoms with Gasteiger partial charge in [-0.2, -0.15) is 0 Å². The molecule has 0 aliphatic rings. The van der Waals surface area contributed by atoms with Gasteiger partial charge in [-0.25, -0.2) is 0 Å². The van der Waals surface area contributed by atoms with Gasteiger partial charge in [0.15, 0.2) is 0 Å². The number of hydrogen-bond acceptors (Lipinski definition) is 2. The number of nitrogens with zero attached hydrogens (tertiary/aromatic N) is 1. The van der Waals surface area contributed by atoms with E-state index in [1.165, 1.54) is 5.56 Å². The molecule has 0 saturated heterocycles. The molecule has 76 valence electrons. The van der Waals surface area contributed by atoms with Crippen molar-refractivity contribution in [1.29, 1.82) is 0 Å². The van der Waals surface area contributed by atoms with E-state index in [-0.39, 0.29) is 6.04 Å². The molecule has 1 aromatic rings. The van der Waals surface area contributed by atoms with Crippen molar-refractivity contribution in [1.82, 2.24) is 0 Å². The van der Waals surface area contributed by atoms with Gasteiger partial charge in [0.2, 0.25) is 0 Å². The minimum Gasteiger partial charge on any atom is -0.379 e. The van der Waals surface area contributed by atoms with Crippen molar-refractivity contribution in [2.45, 2.75) is 19.9 Å². The predicted molar refractivity (Wildman–Crippen MR) is 59.8 cm³/mol. The molecule has 0 saturated carbocycles. The van der Waals surface area contributed by atoms with Crippen LogP contribution in [0.15, 0.2) is 35.3 Å². The van der Waals surface area contributed by atoms with Gasteiger partial charge in [-0.05, 0) is 19.4 Å². The Hall–Kier alpha value is -1.15. The van der Waals surface area contributed by atoms with E-state index in [1.807, 2.05) is 25.1 Å². The van der Waals surface area contributed by atoms with E-state index >= 15 is 0 Å². The minimum atomic E-state index is 0.214. The summed E-state index contributed by atoms with van der Waals surface area (Å²) < 4.78 is 5.01. The van der Waals surface area contributed by atoms with Crippen molar-refractivity contribution in [3.63, 3.8) is 0 Å². The molecule has 0 amide bonds. The summed E-state index contributed by atoms with van der Waals surface area (Å²) in [5, 5.41) is 0. The fourth-order valence-corrected chi connectivity index (χ4v) is 1.38. The van der Waals surface area contributed by atoms with Gasteiger partial charge in [-0.1, -0.05) is 30.3 Å². The molecule has 0 aliphatic carbocycles. The van der Waals surface area contributed by atoms with E-state index in [1.54, 1.807) is 7.11 Å². The highest BCUT2D eigenvalue weighted by Gasteiger charge is 2.02. The van der Waals surface area contributed by atoms with E-state index in [0.29, 0.717) is 6.61 Å². The van der Waals surface area contributed by atoms with Crippen LogP contribution < -0.4 is 0 Å². The lowest BCUT2D eigenvalue weighted by Crippen LogP contribution is -2.03. The van der Waals surface area contributed by atoms with Gasteiger partial charge in [0.25, 0.3) is 0 Å². The maximum atomic E-state index is 5.01. The maximum absolute atomic E-state index is 5.01. The molecule has 2 heteroatoms. The van der Waals surface area contributed by atoms with Crippen LogP contribution in [0.5, 0.6) is 0 Å². The molecule has 1 atom stereocenters. The minimum absolute atomic E-state index is 0.214. The Morgan fingerprint density at radius 1 is 1.36 bits per heavy atom. The van der Waals surface area contributed by atoms with Gasteiger partial charge in [0, 0.05) is 12.8 Å². The summed E-state index contributed by atoms with van der Waals surface area (Å²) >= 11 is 0. The van der Waals surface area contributed by atoms with Gasteiger partial charge < -0.3 is 4.74 Å². The van der Waals surface area contributed by atoms with Gasteiger partial charge >= 0.3 is 0 Å². The Morgan fingerprint density at radius 3 is 2.57 bits per heavy atom. The van der Waals surface area contributed by atoms with E-state index < -0.39 is 0 Å². The lowest BCUT2D eigenvalue weighted by molar-refractivity contribution is 0.244. The second-order valence-electron chi connectivity index (χ2n) is 3.38. The largest absolute Gasteiger partial charge is 0.379 e. The van der Waals surface area contributed by atoms with E-state index in [0.717, 1.165) is 5.71 Å². The SMILES string of the molecule is COCC(C)=NC(C)c1ccccc1. The molecular weight excluding hydrogens is 174 g/mol. The Kier molecular flexibility index (Phi) is 4.33. The van der Waals surface area contributed by atoms with Crippen LogP contribution in [0.2, 0.25) is 0 Å². The fourth-order valence-electron chi connectivity index (χ4n) is 1.38. The zero-order chi connectivity index (χ0) is 10.4. The quantitative estimate of drug-likeness (QED) is 0.670. The van der Waals surface area contributed by atoms with Crippen LogP contribution in [0.3, 0.4) is 0 Å². The van der Waals surface area contributed by atoms with Gasteiger partial charge in [-0.3, -0.25) is 4.99 Å². The van der Waals surface area contributed by atoms with Crippen molar-refractivity contribution < 1.29 is 4.74 Å². The molecule has 0 radical (unpaired) electrons. The summed E-state index contributed by atoms with van der Waals surface area (Å²) in [6.07, 6.45) is 0. The zero-order valence-electron chi connectivity index (χ0n) is 9.03. The first-order valence-electron chi connectivity index (χ1n) is 4.81. The molecule has 14 heavy (non-hydrogen) atoms. The highest BCUT2D eigenvalue weighted by molar-refractivity contribution is 5.83. The summed E-state index contributed by atoms with van der Waals surface area (Å²) in [7, 11) is 1.69. The fraction of sp³-hybridized carbons (Fsp3) is 0.417. The highest BCUT2D eigenvalue weighted by atomic mass is 16.5. The van der Waals surface area contributed by atoms with Crippen molar-refractivity contribution in [3.8, 4) is 0 Å². The molecule has 0 aromatic heterocycles. The third kappa shape index (κ3) is 3.30. The van der Waals surface area contributed by atoms with Gasteiger partial charge in [0.1, 0.15) is 0 Å². The molecule has 0 fully saturated rings. The van der Waals surface area contributed by atoms with Gasteiger partial charge in [-0.15, -0.1) is 0 Å². The van der Waals surface area contributed by atoms with E-state index in [4.69, 9.17) is 4.74 Å². The monoisotopic (exact) mass is 191 g/mol. The number of methoxy groups -OCH3 is 1. The highest BCUT2D eigenvalue weighted by Crippen LogP contribution is 2.15. The number of aliphatic imine (C=N–C) groups is 1. The molecule has 1 rings (SSSR count). The molecule has 0 N–H and O–H groups in total. The second kappa shape index (κ2) is 5.55. The van der Waals surface area contributed by atoms with Crippen LogP contribution >= 0.6 is 0 Å². The maximum Gasteiger partial charge on any atom is 0.0837 e. The first-order valence-corrected chi connectivity index (χ1v) is 4.81. The van der Waals surface area contributed by atoms with Crippen molar-refractivity contribution in [2.24, 2.45) is 4.99 Å². The molecule has 0 bridgehead atoms. The Morgan fingerprint density at radius 2 is 2.00 bits per heavy atom. The number of hydrogen-bond donors (Lipinski definition) is 0. The second-order valence-corrected chi connectivity index (χ2v) is 3.38. The summed E-state index contributed by atoms with van der Waals surface area (Å²) in [5.41, 5.74) is 2.27. The van der Waals surface area contributed by atoms with Crippen molar-refractivity contribution >= 4 is 5.71 Å². The van der Waals surface area contributed by atoms with Crippen LogP contribution in [0.1, 0.15) is 25.5 Å². The Balaban J connectivity index is 2.67. The smallest absolute Gasteiger partial charge is 0.0837 e. The Bertz CT molecular complexity index is 292. The molecule has 0 aliphatic heterocycles. The first-order chi connectivity index (χ1) is 6.74. The van der Waals surface area contributed by atoms with Crippen molar-refractivity contribution in [2.75, 3.05) is 13.7 Å². The lowest BCUT2D eigenvalue weighted by Gasteiger charge is -2.08. The van der Waals surface area contributed by atoms with Crippen LogP contribution in [-0.2, 0) is 4.74 Å². The molecule has 1 aromatic carbocycles. The number of rotatable bonds is 4. The normalized spacial score (nSPS) is 14.1. The molecular formula is C12H17NO. The average Bonchev–Trinajstić information content (AvgIpc) is 2.19. The number of ether oxygens (including phenoxy) is 1. The molecule has 0 spiro atoms. The topological polar surface area (TPSA) is 21.6 Å². The van der Waals surface area contributed by atoms with Crippen molar-refractivity contribution in [3.05, 3.63) is 35.9 Å². The van der Waals surface area contributed by atoms with E-state index in [2.05, 4.69) is 24.0 Å². The third-order valence-corrected chi connectivity index (χ3v) is 2.05. The van der Waals surface area contributed by atoms with Crippen LogP contribution in [0.25, 0.3) is 0 Å².